The Morgan fingerprint density at radius 3 is 2.79 bits per heavy atom. The van der Waals surface area contributed by atoms with Gasteiger partial charge >= 0.3 is 5.97 Å². The Labute approximate surface area is 146 Å². The second-order valence-corrected chi connectivity index (χ2v) is 6.23. The van der Waals surface area contributed by atoms with E-state index in [-0.39, 0.29) is 22.9 Å². The number of rotatable bonds is 4. The molecule has 0 spiro atoms. The van der Waals surface area contributed by atoms with Gasteiger partial charge in [-0.15, -0.1) is 0 Å². The van der Waals surface area contributed by atoms with Gasteiger partial charge in [-0.1, -0.05) is 29.3 Å². The van der Waals surface area contributed by atoms with Crippen molar-refractivity contribution in [2.24, 2.45) is 0 Å². The van der Waals surface area contributed by atoms with Gasteiger partial charge in [-0.2, -0.15) is 0 Å². The Kier molecular flexibility index (Phi) is 4.47. The molecule has 0 amide bonds. The lowest BCUT2D eigenvalue weighted by Crippen LogP contribution is -2.07. The molecular weight excluding hydrogens is 356 g/mol. The van der Waals surface area contributed by atoms with Gasteiger partial charge in [0, 0.05) is 21.2 Å². The maximum Gasteiger partial charge on any atom is 0.310 e. The van der Waals surface area contributed by atoms with Gasteiger partial charge < -0.3 is 9.52 Å². The molecule has 0 fully saturated rings. The van der Waals surface area contributed by atoms with Gasteiger partial charge in [0.05, 0.1) is 12.3 Å². The van der Waals surface area contributed by atoms with Crippen molar-refractivity contribution >= 4 is 40.3 Å². The number of carbonyl (C=O) groups is 1. The van der Waals surface area contributed by atoms with Crippen LogP contribution in [0.3, 0.4) is 0 Å². The highest BCUT2D eigenvalue weighted by molar-refractivity contribution is 6.31. The molecule has 24 heavy (non-hydrogen) atoms. The van der Waals surface area contributed by atoms with Crippen LogP contribution in [0.1, 0.15) is 29.9 Å². The fourth-order valence-electron chi connectivity index (χ4n) is 2.45. The first kappa shape index (κ1) is 16.7. The Morgan fingerprint density at radius 1 is 1.38 bits per heavy atom. The topological polar surface area (TPSA) is 63.3 Å². The first-order valence-corrected chi connectivity index (χ1v) is 7.87. The maximum atomic E-state index is 13.9. The molecular formula is C17H12Cl2FNO3. The monoisotopic (exact) mass is 367 g/mol. The fourth-order valence-corrected chi connectivity index (χ4v) is 2.90. The largest absolute Gasteiger partial charge is 0.481 e. The van der Waals surface area contributed by atoms with Crippen LogP contribution in [0.4, 0.5) is 4.39 Å². The van der Waals surface area contributed by atoms with E-state index >= 15 is 0 Å². The zero-order valence-corrected chi connectivity index (χ0v) is 14.0. The molecule has 2 aromatic carbocycles. The molecule has 1 aromatic heterocycles. The molecule has 1 atom stereocenters. The summed E-state index contributed by atoms with van der Waals surface area (Å²) in [6.07, 6.45) is 0.0543. The number of hydrogen-bond donors (Lipinski definition) is 1. The Bertz CT molecular complexity index is 919. The molecule has 1 unspecified atom stereocenters. The van der Waals surface area contributed by atoms with E-state index in [1.807, 2.05) is 0 Å². The van der Waals surface area contributed by atoms with E-state index in [0.717, 1.165) is 0 Å². The van der Waals surface area contributed by atoms with Crippen LogP contribution in [-0.2, 0) is 11.2 Å². The normalized spacial score (nSPS) is 12.5. The van der Waals surface area contributed by atoms with Gasteiger partial charge in [-0.3, -0.25) is 4.79 Å². The summed E-state index contributed by atoms with van der Waals surface area (Å²) >= 11 is 12.1. The van der Waals surface area contributed by atoms with Crippen LogP contribution >= 0.6 is 23.2 Å². The average molecular weight is 368 g/mol. The third-order valence-corrected chi connectivity index (χ3v) is 4.33. The quantitative estimate of drug-likeness (QED) is 0.700. The Balaban J connectivity index is 2.09. The molecule has 0 aliphatic heterocycles. The van der Waals surface area contributed by atoms with E-state index in [1.165, 1.54) is 25.1 Å². The van der Waals surface area contributed by atoms with Crippen LogP contribution < -0.4 is 0 Å². The molecule has 0 aliphatic carbocycles. The first-order valence-electron chi connectivity index (χ1n) is 7.11. The predicted octanol–water partition coefficient (Wildman–Crippen LogP) is 5.05. The van der Waals surface area contributed by atoms with Crippen molar-refractivity contribution in [3.05, 3.63) is 63.2 Å². The van der Waals surface area contributed by atoms with E-state index in [4.69, 9.17) is 27.6 Å². The number of carboxylic acid groups (broad SMARTS) is 1. The molecule has 3 rings (SSSR count). The van der Waals surface area contributed by atoms with Crippen molar-refractivity contribution in [3.8, 4) is 0 Å². The van der Waals surface area contributed by atoms with Crippen molar-refractivity contribution in [3.63, 3.8) is 0 Å². The zero-order chi connectivity index (χ0) is 17.4. The maximum absolute atomic E-state index is 13.9. The smallest absolute Gasteiger partial charge is 0.310 e. The van der Waals surface area contributed by atoms with Gasteiger partial charge in [0.1, 0.15) is 11.3 Å². The number of nitrogens with zero attached hydrogens (tertiary/aromatic N) is 1. The fraction of sp³-hybridized carbons (Fsp3) is 0.176. The lowest BCUT2D eigenvalue weighted by Gasteiger charge is -2.07. The molecule has 0 bridgehead atoms. The second-order valence-electron chi connectivity index (χ2n) is 5.39. The molecule has 4 nitrogen and oxygen atoms in total. The van der Waals surface area contributed by atoms with Crippen LogP contribution in [0.2, 0.25) is 10.0 Å². The summed E-state index contributed by atoms with van der Waals surface area (Å²) in [4.78, 5) is 15.6. The van der Waals surface area contributed by atoms with Gasteiger partial charge in [-0.25, -0.2) is 9.37 Å². The highest BCUT2D eigenvalue weighted by Gasteiger charge is 2.22. The molecule has 1 heterocycles. The second kappa shape index (κ2) is 6.42. The van der Waals surface area contributed by atoms with Gasteiger partial charge in [-0.05, 0) is 31.2 Å². The molecule has 7 heteroatoms. The number of aliphatic carboxylic acids is 1. The summed E-state index contributed by atoms with van der Waals surface area (Å²) in [5.74, 6) is -2.04. The number of benzene rings is 2. The Morgan fingerprint density at radius 2 is 2.12 bits per heavy atom. The minimum atomic E-state index is -1.01. The third-order valence-electron chi connectivity index (χ3n) is 3.75. The molecule has 1 N–H and O–H groups in total. The van der Waals surface area contributed by atoms with E-state index in [1.54, 1.807) is 12.1 Å². The summed E-state index contributed by atoms with van der Waals surface area (Å²) in [6, 6.07) is 7.51. The minimum Gasteiger partial charge on any atom is -0.481 e. The van der Waals surface area contributed by atoms with Crippen molar-refractivity contribution < 1.29 is 18.7 Å². The summed E-state index contributed by atoms with van der Waals surface area (Å²) in [6.45, 7) is 1.53. The molecule has 0 aliphatic rings. The highest BCUT2D eigenvalue weighted by atomic mass is 35.5. The van der Waals surface area contributed by atoms with Crippen molar-refractivity contribution in [2.45, 2.75) is 19.3 Å². The predicted molar refractivity (Wildman–Crippen MR) is 89.3 cm³/mol. The Hall–Kier alpha value is -2.11. The van der Waals surface area contributed by atoms with Gasteiger partial charge in [0.25, 0.3) is 0 Å². The zero-order valence-electron chi connectivity index (χ0n) is 12.5. The number of carboxylic acids is 1. The molecule has 0 saturated carbocycles. The summed E-state index contributed by atoms with van der Waals surface area (Å²) in [7, 11) is 0. The molecule has 0 radical (unpaired) electrons. The van der Waals surface area contributed by atoms with E-state index in [9.17, 15) is 14.3 Å². The lowest BCUT2D eigenvalue weighted by atomic mass is 10.0. The lowest BCUT2D eigenvalue weighted by molar-refractivity contribution is -0.138. The van der Waals surface area contributed by atoms with Crippen molar-refractivity contribution in [1.82, 2.24) is 4.98 Å². The number of halogens is 3. The van der Waals surface area contributed by atoms with Crippen LogP contribution in [0.5, 0.6) is 0 Å². The highest BCUT2D eigenvalue weighted by Crippen LogP contribution is 2.31. The molecule has 3 aromatic rings. The van der Waals surface area contributed by atoms with Crippen molar-refractivity contribution in [1.29, 1.82) is 0 Å². The summed E-state index contributed by atoms with van der Waals surface area (Å²) < 4.78 is 19.6. The van der Waals surface area contributed by atoms with Crippen LogP contribution in [-0.4, -0.2) is 16.1 Å². The standard InChI is InChI=1S/C17H12Cl2FNO3/c1-8(17(22)23)10-5-9(18)6-14-16(10)24-15(21-14)7-11-12(19)3-2-4-13(11)20/h2-6,8H,7H2,1H3,(H,22,23). The number of aromatic nitrogens is 1. The SMILES string of the molecule is CC(C(=O)O)c1cc(Cl)cc2nc(Cc3c(F)cccc3Cl)oc12. The number of hydrogen-bond acceptors (Lipinski definition) is 3. The average Bonchev–Trinajstić information content (AvgIpc) is 2.91. The summed E-state index contributed by atoms with van der Waals surface area (Å²) in [5, 5.41) is 9.86. The van der Waals surface area contributed by atoms with E-state index in [2.05, 4.69) is 4.98 Å². The van der Waals surface area contributed by atoms with E-state index < -0.39 is 17.7 Å². The first-order chi connectivity index (χ1) is 11.4. The van der Waals surface area contributed by atoms with Gasteiger partial charge in [0.15, 0.2) is 11.5 Å². The number of oxazole rings is 1. The van der Waals surface area contributed by atoms with E-state index in [0.29, 0.717) is 21.7 Å². The third kappa shape index (κ3) is 3.09. The molecule has 0 saturated heterocycles. The van der Waals surface area contributed by atoms with Gasteiger partial charge in [0.2, 0.25) is 0 Å². The van der Waals surface area contributed by atoms with Crippen LogP contribution in [0.15, 0.2) is 34.7 Å². The number of fused-ring (bicyclic) bond motifs is 1. The molecule has 124 valence electrons. The van der Waals surface area contributed by atoms with Crippen LogP contribution in [0.25, 0.3) is 11.1 Å². The van der Waals surface area contributed by atoms with Crippen LogP contribution in [0, 0.1) is 5.82 Å². The summed E-state index contributed by atoms with van der Waals surface area (Å²) in [5.41, 5.74) is 1.44. The minimum absolute atomic E-state index is 0.0543. The van der Waals surface area contributed by atoms with Crippen molar-refractivity contribution in [2.75, 3.05) is 0 Å².